The van der Waals surface area contributed by atoms with Crippen molar-refractivity contribution < 1.29 is 0 Å². The van der Waals surface area contributed by atoms with Crippen LogP contribution in [0.1, 0.15) is 22.5 Å². The lowest BCUT2D eigenvalue weighted by Crippen LogP contribution is -1.85. The van der Waals surface area contributed by atoms with E-state index < -0.39 is 0 Å². The quantitative estimate of drug-likeness (QED) is 0.710. The predicted octanol–water partition coefficient (Wildman–Crippen LogP) is 4.24. The molecule has 1 N–H and O–H groups in total. The van der Waals surface area contributed by atoms with Crippen molar-refractivity contribution in [2.45, 2.75) is 13.8 Å². The third kappa shape index (κ3) is 2.70. The van der Waals surface area contributed by atoms with Gasteiger partial charge in [0.05, 0.1) is 16.6 Å². The van der Waals surface area contributed by atoms with E-state index in [0.717, 1.165) is 16.6 Å². The molecule has 0 atom stereocenters. The van der Waals surface area contributed by atoms with Gasteiger partial charge in [-0.15, -0.1) is 0 Å². The lowest BCUT2D eigenvalue weighted by Gasteiger charge is -1.97. The third-order valence-electron chi connectivity index (χ3n) is 3.37. The van der Waals surface area contributed by atoms with Gasteiger partial charge in [-0.25, -0.2) is 4.98 Å². The van der Waals surface area contributed by atoms with E-state index in [4.69, 9.17) is 0 Å². The molecule has 0 bridgehead atoms. The van der Waals surface area contributed by atoms with Crippen molar-refractivity contribution in [3.05, 3.63) is 65.0 Å². The van der Waals surface area contributed by atoms with Crippen molar-refractivity contribution in [3.8, 4) is 6.07 Å². The van der Waals surface area contributed by atoms with Gasteiger partial charge in [0.25, 0.3) is 0 Å². The van der Waals surface area contributed by atoms with Gasteiger partial charge in [-0.3, -0.25) is 0 Å². The van der Waals surface area contributed by atoms with Crippen molar-refractivity contribution in [3.63, 3.8) is 0 Å². The first-order valence-corrected chi connectivity index (χ1v) is 6.81. The summed E-state index contributed by atoms with van der Waals surface area (Å²) in [5, 5.41) is 9.41. The fourth-order valence-electron chi connectivity index (χ4n) is 2.33. The Morgan fingerprint density at radius 3 is 2.71 bits per heavy atom. The summed E-state index contributed by atoms with van der Waals surface area (Å²) < 4.78 is 0. The molecule has 0 unspecified atom stereocenters. The Morgan fingerprint density at radius 2 is 1.95 bits per heavy atom. The second-order valence-electron chi connectivity index (χ2n) is 5.19. The standard InChI is InChI=1S/C18H15N3/c1-12-4-3-5-14(8-12)10-15(11-19)18-20-16-7-6-13(2)9-17(16)21-18/h3-10H,1-2H3,(H,20,21)/b15-10-. The SMILES string of the molecule is Cc1cccc(/C=C(/C#N)c2nc3ccc(C)cc3[nH]2)c1. The molecule has 3 aromatic rings. The Kier molecular flexibility index (Phi) is 3.29. The van der Waals surface area contributed by atoms with Crippen molar-refractivity contribution in [2.75, 3.05) is 0 Å². The highest BCUT2D eigenvalue weighted by Gasteiger charge is 2.08. The summed E-state index contributed by atoms with van der Waals surface area (Å²) in [5.74, 6) is 0.611. The van der Waals surface area contributed by atoms with E-state index >= 15 is 0 Å². The molecule has 0 saturated heterocycles. The topological polar surface area (TPSA) is 52.5 Å². The number of nitrogens with zero attached hydrogens (tertiary/aromatic N) is 2. The van der Waals surface area contributed by atoms with Crippen molar-refractivity contribution in [2.24, 2.45) is 0 Å². The molecule has 102 valence electrons. The number of aromatic nitrogens is 2. The molecule has 0 amide bonds. The molecule has 21 heavy (non-hydrogen) atoms. The lowest BCUT2D eigenvalue weighted by molar-refractivity contribution is 1.27. The van der Waals surface area contributed by atoms with Gasteiger partial charge in [0.15, 0.2) is 0 Å². The predicted molar refractivity (Wildman–Crippen MR) is 85.5 cm³/mol. The number of hydrogen-bond donors (Lipinski definition) is 1. The monoisotopic (exact) mass is 273 g/mol. The number of benzene rings is 2. The molecule has 0 radical (unpaired) electrons. The summed E-state index contributed by atoms with van der Waals surface area (Å²) in [6, 6.07) is 16.3. The van der Waals surface area contributed by atoms with E-state index in [1.165, 1.54) is 11.1 Å². The number of allylic oxidation sites excluding steroid dienone is 1. The summed E-state index contributed by atoms with van der Waals surface area (Å²) in [4.78, 5) is 7.72. The van der Waals surface area contributed by atoms with Crippen LogP contribution in [0.3, 0.4) is 0 Å². The van der Waals surface area contributed by atoms with E-state index in [9.17, 15) is 5.26 Å². The number of aromatic amines is 1. The Bertz CT molecular complexity index is 879. The molecule has 3 nitrogen and oxygen atoms in total. The van der Waals surface area contributed by atoms with Crippen LogP contribution < -0.4 is 0 Å². The van der Waals surface area contributed by atoms with E-state index in [-0.39, 0.29) is 0 Å². The summed E-state index contributed by atoms with van der Waals surface area (Å²) in [7, 11) is 0. The molecule has 0 aliphatic rings. The number of nitriles is 1. The number of H-pyrrole nitrogens is 1. The molecule has 0 aliphatic carbocycles. The van der Waals surface area contributed by atoms with Crippen molar-refractivity contribution >= 4 is 22.7 Å². The minimum Gasteiger partial charge on any atom is -0.337 e. The maximum Gasteiger partial charge on any atom is 0.149 e. The first-order chi connectivity index (χ1) is 10.2. The Labute approximate surface area is 123 Å². The van der Waals surface area contributed by atoms with Gasteiger partial charge in [-0.05, 0) is 43.2 Å². The molecule has 0 spiro atoms. The highest BCUT2D eigenvalue weighted by atomic mass is 14.9. The van der Waals surface area contributed by atoms with Gasteiger partial charge in [0.1, 0.15) is 11.9 Å². The van der Waals surface area contributed by atoms with Crippen LogP contribution in [0.2, 0.25) is 0 Å². The number of aryl methyl sites for hydroxylation is 2. The molecule has 0 fully saturated rings. The zero-order chi connectivity index (χ0) is 14.8. The maximum atomic E-state index is 9.41. The van der Waals surface area contributed by atoms with Crippen LogP contribution in [0.4, 0.5) is 0 Å². The molecule has 3 heteroatoms. The van der Waals surface area contributed by atoms with E-state index in [0.29, 0.717) is 11.4 Å². The van der Waals surface area contributed by atoms with E-state index in [1.807, 2.05) is 62.4 Å². The minimum atomic E-state index is 0.537. The molecule has 1 aromatic heterocycles. The van der Waals surface area contributed by atoms with Crippen LogP contribution in [0.25, 0.3) is 22.7 Å². The molecule has 1 heterocycles. The maximum absolute atomic E-state index is 9.41. The van der Waals surface area contributed by atoms with Gasteiger partial charge in [-0.2, -0.15) is 5.26 Å². The van der Waals surface area contributed by atoms with Crippen LogP contribution in [0.5, 0.6) is 0 Å². The van der Waals surface area contributed by atoms with Crippen LogP contribution in [0, 0.1) is 25.2 Å². The third-order valence-corrected chi connectivity index (χ3v) is 3.37. The fourth-order valence-corrected chi connectivity index (χ4v) is 2.33. The minimum absolute atomic E-state index is 0.537. The Balaban J connectivity index is 2.08. The number of nitrogens with one attached hydrogen (secondary N) is 1. The van der Waals surface area contributed by atoms with Crippen LogP contribution in [-0.2, 0) is 0 Å². The summed E-state index contributed by atoms with van der Waals surface area (Å²) in [6.07, 6.45) is 1.86. The summed E-state index contributed by atoms with van der Waals surface area (Å²) in [6.45, 7) is 4.07. The van der Waals surface area contributed by atoms with Crippen molar-refractivity contribution in [1.29, 1.82) is 5.26 Å². The molecule has 3 rings (SSSR count). The van der Waals surface area contributed by atoms with Gasteiger partial charge in [0.2, 0.25) is 0 Å². The first kappa shape index (κ1) is 13.1. The van der Waals surface area contributed by atoms with E-state index in [1.54, 1.807) is 0 Å². The summed E-state index contributed by atoms with van der Waals surface area (Å²) in [5.41, 5.74) is 5.70. The highest BCUT2D eigenvalue weighted by Crippen LogP contribution is 2.20. The molecular formula is C18H15N3. The van der Waals surface area contributed by atoms with Crippen LogP contribution in [-0.4, -0.2) is 9.97 Å². The average molecular weight is 273 g/mol. The fraction of sp³-hybridized carbons (Fsp3) is 0.111. The number of hydrogen-bond acceptors (Lipinski definition) is 2. The van der Waals surface area contributed by atoms with Gasteiger partial charge in [0, 0.05) is 0 Å². The normalized spacial score (nSPS) is 11.6. The first-order valence-electron chi connectivity index (χ1n) is 6.81. The number of imidazole rings is 1. The largest absolute Gasteiger partial charge is 0.337 e. The second kappa shape index (κ2) is 5.26. The van der Waals surface area contributed by atoms with Gasteiger partial charge < -0.3 is 4.98 Å². The lowest BCUT2D eigenvalue weighted by atomic mass is 10.1. The average Bonchev–Trinajstić information content (AvgIpc) is 2.87. The van der Waals surface area contributed by atoms with E-state index in [2.05, 4.69) is 16.0 Å². The Hall–Kier alpha value is -2.86. The molecule has 0 saturated carbocycles. The van der Waals surface area contributed by atoms with Crippen molar-refractivity contribution in [1.82, 2.24) is 9.97 Å². The number of rotatable bonds is 2. The second-order valence-corrected chi connectivity index (χ2v) is 5.19. The molecule has 2 aromatic carbocycles. The van der Waals surface area contributed by atoms with Crippen LogP contribution in [0.15, 0.2) is 42.5 Å². The summed E-state index contributed by atoms with van der Waals surface area (Å²) >= 11 is 0. The molecular weight excluding hydrogens is 258 g/mol. The van der Waals surface area contributed by atoms with Gasteiger partial charge in [-0.1, -0.05) is 35.9 Å². The zero-order valence-electron chi connectivity index (χ0n) is 12.0. The Morgan fingerprint density at radius 1 is 1.14 bits per heavy atom. The number of fused-ring (bicyclic) bond motifs is 1. The molecule has 0 aliphatic heterocycles. The van der Waals surface area contributed by atoms with Crippen LogP contribution >= 0.6 is 0 Å². The smallest absolute Gasteiger partial charge is 0.149 e. The van der Waals surface area contributed by atoms with Gasteiger partial charge >= 0.3 is 0 Å². The highest BCUT2D eigenvalue weighted by molar-refractivity contribution is 5.90. The zero-order valence-corrected chi connectivity index (χ0v) is 12.0.